The molecule has 0 unspecified atom stereocenters. The van der Waals surface area contributed by atoms with E-state index in [0.717, 1.165) is 32.0 Å². The molecule has 2 aromatic carbocycles. The highest BCUT2D eigenvalue weighted by molar-refractivity contribution is 8.14. The molecular weight excluding hydrogens is 305 g/mol. The van der Waals surface area contributed by atoms with Crippen molar-refractivity contribution < 1.29 is 0 Å². The van der Waals surface area contributed by atoms with E-state index in [0.29, 0.717) is 0 Å². The van der Waals surface area contributed by atoms with Crippen molar-refractivity contribution in [3.63, 3.8) is 0 Å². The van der Waals surface area contributed by atoms with Gasteiger partial charge in [-0.15, -0.1) is 0 Å². The molecule has 2 aromatic rings. The van der Waals surface area contributed by atoms with Crippen molar-refractivity contribution in [2.75, 3.05) is 25.0 Å². The molecule has 0 atom stereocenters. The lowest BCUT2D eigenvalue weighted by atomic mass is 10.2. The van der Waals surface area contributed by atoms with Gasteiger partial charge in [-0.05, 0) is 61.5 Å². The van der Waals surface area contributed by atoms with Crippen molar-refractivity contribution in [3.8, 4) is 0 Å². The van der Waals surface area contributed by atoms with Gasteiger partial charge in [0.25, 0.3) is 0 Å². The van der Waals surface area contributed by atoms with E-state index in [1.807, 2.05) is 0 Å². The molecule has 0 saturated carbocycles. The molecular formula is C19H26NPS. The van der Waals surface area contributed by atoms with Crippen LogP contribution >= 0.6 is 6.04 Å². The van der Waals surface area contributed by atoms with Gasteiger partial charge in [-0.1, -0.05) is 72.5 Å². The fourth-order valence-corrected chi connectivity index (χ4v) is 6.37. The molecule has 0 heterocycles. The van der Waals surface area contributed by atoms with Crippen LogP contribution in [0, 0.1) is 0 Å². The first-order valence-corrected chi connectivity index (χ1v) is 11.4. The van der Waals surface area contributed by atoms with Crippen molar-refractivity contribution in [3.05, 3.63) is 71.8 Å². The summed E-state index contributed by atoms with van der Waals surface area (Å²) in [6.45, 7) is 0.759. The summed E-state index contributed by atoms with van der Waals surface area (Å²) in [7, 11) is 0. The molecule has 3 heteroatoms. The monoisotopic (exact) mass is 331 g/mol. The minimum absolute atomic E-state index is 0.759. The zero-order chi connectivity index (χ0) is 15.7. The summed E-state index contributed by atoms with van der Waals surface area (Å²) in [6.07, 6.45) is 6.77. The van der Waals surface area contributed by atoms with E-state index in [-0.39, 0.29) is 0 Å². The third-order valence-electron chi connectivity index (χ3n) is 4.07. The Bertz CT molecular complexity index is 535. The third kappa shape index (κ3) is 6.04. The molecule has 0 bridgehead atoms. The molecule has 0 amide bonds. The van der Waals surface area contributed by atoms with Gasteiger partial charge in [0.2, 0.25) is 0 Å². The minimum atomic E-state index is -1.31. The normalized spacial score (nSPS) is 11.5. The Morgan fingerprint density at radius 3 is 1.59 bits per heavy atom. The molecule has 2 N–H and O–H groups in total. The van der Waals surface area contributed by atoms with Gasteiger partial charge in [0.15, 0.2) is 0 Å². The van der Waals surface area contributed by atoms with Crippen molar-refractivity contribution in [1.29, 1.82) is 0 Å². The van der Waals surface area contributed by atoms with E-state index in [1.54, 1.807) is 0 Å². The SMILES string of the molecule is NCCCP(=S)(CCc1ccccc1)CCc1ccccc1. The molecule has 0 spiro atoms. The van der Waals surface area contributed by atoms with Crippen LogP contribution in [0.15, 0.2) is 60.7 Å². The third-order valence-corrected chi connectivity index (χ3v) is 8.92. The standard InChI is InChI=1S/C19H26NPS/c20-14-7-15-21(22,16-12-18-8-3-1-4-9-18)17-13-19-10-5-2-6-11-19/h1-6,8-11H,7,12-17,20H2. The summed E-state index contributed by atoms with van der Waals surface area (Å²) < 4.78 is 0. The number of benzene rings is 2. The smallest absolute Gasteiger partial charge is 0.00737 e. The molecule has 0 aliphatic rings. The van der Waals surface area contributed by atoms with Gasteiger partial charge in [-0.2, -0.15) is 0 Å². The Labute approximate surface area is 140 Å². The van der Waals surface area contributed by atoms with Gasteiger partial charge in [0.1, 0.15) is 0 Å². The van der Waals surface area contributed by atoms with E-state index in [1.165, 1.54) is 23.5 Å². The van der Waals surface area contributed by atoms with Crippen molar-refractivity contribution >= 4 is 17.8 Å². The molecule has 0 radical (unpaired) electrons. The van der Waals surface area contributed by atoms with Gasteiger partial charge >= 0.3 is 0 Å². The first kappa shape index (κ1) is 17.4. The lowest BCUT2D eigenvalue weighted by Gasteiger charge is -2.22. The maximum absolute atomic E-state index is 6.12. The molecule has 2 rings (SSSR count). The summed E-state index contributed by atoms with van der Waals surface area (Å²) in [4.78, 5) is 0. The molecule has 22 heavy (non-hydrogen) atoms. The summed E-state index contributed by atoms with van der Waals surface area (Å²) in [5.41, 5.74) is 8.54. The molecule has 0 aromatic heterocycles. The quantitative estimate of drug-likeness (QED) is 0.693. The zero-order valence-corrected chi connectivity index (χ0v) is 14.9. The largest absolute Gasteiger partial charge is 0.330 e. The van der Waals surface area contributed by atoms with Crippen LogP contribution in [0.2, 0.25) is 0 Å². The maximum atomic E-state index is 6.12. The van der Waals surface area contributed by atoms with Crippen molar-refractivity contribution in [1.82, 2.24) is 0 Å². The van der Waals surface area contributed by atoms with Crippen LogP contribution in [-0.2, 0) is 24.6 Å². The second kappa shape index (κ2) is 9.25. The van der Waals surface area contributed by atoms with E-state index in [9.17, 15) is 0 Å². The molecule has 0 fully saturated rings. The van der Waals surface area contributed by atoms with Gasteiger partial charge in [-0.25, -0.2) is 0 Å². The Morgan fingerprint density at radius 1 is 0.727 bits per heavy atom. The highest BCUT2D eigenvalue weighted by Gasteiger charge is 2.16. The Kier molecular flexibility index (Phi) is 7.32. The molecule has 0 aliphatic carbocycles. The first-order chi connectivity index (χ1) is 10.7. The van der Waals surface area contributed by atoms with Crippen LogP contribution in [0.5, 0.6) is 0 Å². The summed E-state index contributed by atoms with van der Waals surface area (Å²) in [5, 5.41) is 0. The molecule has 0 saturated heterocycles. The van der Waals surface area contributed by atoms with Crippen LogP contribution in [0.1, 0.15) is 17.5 Å². The van der Waals surface area contributed by atoms with Gasteiger partial charge in [0.05, 0.1) is 0 Å². The predicted molar refractivity (Wildman–Crippen MR) is 103 cm³/mol. The number of hydrogen-bond donors (Lipinski definition) is 1. The number of rotatable bonds is 9. The molecule has 0 aliphatic heterocycles. The average Bonchev–Trinajstić information content (AvgIpc) is 2.59. The van der Waals surface area contributed by atoms with Gasteiger partial charge in [-0.3, -0.25) is 0 Å². The second-order valence-electron chi connectivity index (χ2n) is 5.84. The van der Waals surface area contributed by atoms with Crippen LogP contribution in [0.3, 0.4) is 0 Å². The number of nitrogens with two attached hydrogens (primary N) is 1. The number of hydrogen-bond acceptors (Lipinski definition) is 2. The average molecular weight is 331 g/mol. The Balaban J connectivity index is 1.95. The van der Waals surface area contributed by atoms with Gasteiger partial charge < -0.3 is 5.73 Å². The van der Waals surface area contributed by atoms with Crippen LogP contribution in [-0.4, -0.2) is 25.0 Å². The number of aryl methyl sites for hydroxylation is 2. The van der Waals surface area contributed by atoms with E-state index >= 15 is 0 Å². The lowest BCUT2D eigenvalue weighted by molar-refractivity contribution is 0.928. The fourth-order valence-electron chi connectivity index (χ4n) is 2.67. The Morgan fingerprint density at radius 2 is 1.18 bits per heavy atom. The highest BCUT2D eigenvalue weighted by atomic mass is 32.4. The van der Waals surface area contributed by atoms with Crippen LogP contribution < -0.4 is 5.73 Å². The topological polar surface area (TPSA) is 26.0 Å². The first-order valence-electron chi connectivity index (χ1n) is 8.07. The second-order valence-corrected chi connectivity index (χ2v) is 11.6. The van der Waals surface area contributed by atoms with Crippen molar-refractivity contribution in [2.45, 2.75) is 19.3 Å². The highest BCUT2D eigenvalue weighted by Crippen LogP contribution is 2.47. The van der Waals surface area contributed by atoms with Crippen molar-refractivity contribution in [2.24, 2.45) is 5.73 Å². The minimum Gasteiger partial charge on any atom is -0.330 e. The summed E-state index contributed by atoms with van der Waals surface area (Å²) in [6, 6.07) is 20.1. The lowest BCUT2D eigenvalue weighted by Crippen LogP contribution is -2.09. The fraction of sp³-hybridized carbons (Fsp3) is 0.368. The Hall–Kier alpha value is -0.950. The predicted octanol–water partition coefficient (Wildman–Crippen LogP) is 4.30. The molecule has 1 nitrogen and oxygen atoms in total. The van der Waals surface area contributed by atoms with Crippen LogP contribution in [0.4, 0.5) is 0 Å². The van der Waals surface area contributed by atoms with E-state index in [2.05, 4.69) is 60.7 Å². The van der Waals surface area contributed by atoms with Gasteiger partial charge in [0, 0.05) is 0 Å². The summed E-state index contributed by atoms with van der Waals surface area (Å²) >= 11 is 6.12. The summed E-state index contributed by atoms with van der Waals surface area (Å²) in [5.74, 6) is 0. The molecule has 118 valence electrons. The maximum Gasteiger partial charge on any atom is -0.00737 e. The van der Waals surface area contributed by atoms with E-state index in [4.69, 9.17) is 17.5 Å². The van der Waals surface area contributed by atoms with E-state index < -0.39 is 6.04 Å². The zero-order valence-electron chi connectivity index (χ0n) is 13.2. The van der Waals surface area contributed by atoms with Crippen LogP contribution in [0.25, 0.3) is 0 Å².